The molecule has 1 saturated carbocycles. The molecule has 0 unspecified atom stereocenters. The summed E-state index contributed by atoms with van der Waals surface area (Å²) in [6.45, 7) is 0.684. The Labute approximate surface area is 104 Å². The minimum absolute atomic E-state index is 0.145. The molecule has 0 bridgehead atoms. The first-order valence-corrected chi connectivity index (χ1v) is 6.98. The average Bonchev–Trinajstić information content (AvgIpc) is 2.77. The maximum absolute atomic E-state index is 13.4. The van der Waals surface area contributed by atoms with E-state index in [1.54, 1.807) is 0 Å². The molecule has 1 heterocycles. The highest BCUT2D eigenvalue weighted by Gasteiger charge is 2.32. The second kappa shape index (κ2) is 5.21. The SMILES string of the molecule is CSC1(CNc2ncc(F)cc2F)CCCC1. The summed E-state index contributed by atoms with van der Waals surface area (Å²) >= 11 is 1.82. The van der Waals surface area contributed by atoms with Crippen molar-refractivity contribution < 1.29 is 8.78 Å². The lowest BCUT2D eigenvalue weighted by atomic mass is 10.1. The Kier molecular flexibility index (Phi) is 3.86. The van der Waals surface area contributed by atoms with E-state index >= 15 is 0 Å². The fraction of sp³-hybridized carbons (Fsp3) is 0.583. The molecular formula is C12H16F2N2S. The minimum atomic E-state index is -0.645. The summed E-state index contributed by atoms with van der Waals surface area (Å²) in [4.78, 5) is 3.73. The molecule has 17 heavy (non-hydrogen) atoms. The quantitative estimate of drug-likeness (QED) is 0.895. The van der Waals surface area contributed by atoms with Gasteiger partial charge < -0.3 is 5.32 Å². The molecule has 1 aliphatic carbocycles. The van der Waals surface area contributed by atoms with Crippen molar-refractivity contribution in [1.82, 2.24) is 4.98 Å². The van der Waals surface area contributed by atoms with E-state index in [0.717, 1.165) is 25.1 Å². The summed E-state index contributed by atoms with van der Waals surface area (Å²) in [5.74, 6) is -1.13. The zero-order chi connectivity index (χ0) is 12.3. The Morgan fingerprint density at radius 3 is 2.71 bits per heavy atom. The van der Waals surface area contributed by atoms with Gasteiger partial charge >= 0.3 is 0 Å². The van der Waals surface area contributed by atoms with Crippen LogP contribution in [-0.4, -0.2) is 22.5 Å². The van der Waals surface area contributed by atoms with Crippen molar-refractivity contribution in [3.63, 3.8) is 0 Å². The Bertz CT molecular complexity index is 392. The van der Waals surface area contributed by atoms with Crippen molar-refractivity contribution in [2.75, 3.05) is 18.1 Å². The van der Waals surface area contributed by atoms with E-state index < -0.39 is 11.6 Å². The Hall–Kier alpha value is -0.840. The van der Waals surface area contributed by atoms with Crippen LogP contribution in [0.15, 0.2) is 12.3 Å². The Morgan fingerprint density at radius 1 is 1.41 bits per heavy atom. The van der Waals surface area contributed by atoms with Crippen molar-refractivity contribution in [2.45, 2.75) is 30.4 Å². The van der Waals surface area contributed by atoms with Crippen molar-refractivity contribution in [2.24, 2.45) is 0 Å². The van der Waals surface area contributed by atoms with E-state index in [2.05, 4.69) is 16.6 Å². The molecule has 0 amide bonds. The van der Waals surface area contributed by atoms with Crippen molar-refractivity contribution in [3.8, 4) is 0 Å². The smallest absolute Gasteiger partial charge is 0.168 e. The van der Waals surface area contributed by atoms with Crippen LogP contribution in [0.2, 0.25) is 0 Å². The van der Waals surface area contributed by atoms with E-state index in [9.17, 15) is 8.78 Å². The number of rotatable bonds is 4. The molecular weight excluding hydrogens is 242 g/mol. The number of aromatic nitrogens is 1. The summed E-state index contributed by atoms with van der Waals surface area (Å²) in [7, 11) is 0. The molecule has 1 N–H and O–H groups in total. The maximum atomic E-state index is 13.4. The normalized spacial score (nSPS) is 18.3. The molecule has 1 aromatic rings. The van der Waals surface area contributed by atoms with Crippen LogP contribution in [0.1, 0.15) is 25.7 Å². The number of nitrogens with one attached hydrogen (secondary N) is 1. The van der Waals surface area contributed by atoms with E-state index in [4.69, 9.17) is 0 Å². The molecule has 0 spiro atoms. The molecule has 0 aliphatic heterocycles. The lowest BCUT2D eigenvalue weighted by molar-refractivity contribution is 0.571. The van der Waals surface area contributed by atoms with Gasteiger partial charge in [-0.3, -0.25) is 0 Å². The summed E-state index contributed by atoms with van der Waals surface area (Å²) < 4.78 is 26.3. The largest absolute Gasteiger partial charge is 0.366 e. The monoisotopic (exact) mass is 258 g/mol. The van der Waals surface area contributed by atoms with Crippen LogP contribution in [0.4, 0.5) is 14.6 Å². The highest BCUT2D eigenvalue weighted by atomic mass is 32.2. The number of halogens is 2. The predicted molar refractivity (Wildman–Crippen MR) is 67.4 cm³/mol. The third kappa shape index (κ3) is 2.89. The molecule has 5 heteroatoms. The number of hydrogen-bond acceptors (Lipinski definition) is 3. The van der Waals surface area contributed by atoms with E-state index in [-0.39, 0.29) is 10.6 Å². The minimum Gasteiger partial charge on any atom is -0.366 e. The molecule has 0 saturated heterocycles. The van der Waals surface area contributed by atoms with Crippen LogP contribution in [-0.2, 0) is 0 Å². The molecule has 0 radical (unpaired) electrons. The molecule has 1 fully saturated rings. The number of pyridine rings is 1. The van der Waals surface area contributed by atoms with Crippen LogP contribution < -0.4 is 5.32 Å². The topological polar surface area (TPSA) is 24.9 Å². The van der Waals surface area contributed by atoms with E-state index in [0.29, 0.717) is 6.54 Å². The second-order valence-corrected chi connectivity index (χ2v) is 5.71. The number of thioether (sulfide) groups is 1. The van der Waals surface area contributed by atoms with Gasteiger partial charge in [0, 0.05) is 17.4 Å². The number of anilines is 1. The standard InChI is InChI=1S/C12H16F2N2S/c1-17-12(4-2-3-5-12)8-16-11-10(14)6-9(13)7-15-11/h6-7H,2-5,8H2,1H3,(H,15,16). The molecule has 1 aromatic heterocycles. The van der Waals surface area contributed by atoms with Gasteiger partial charge in [-0.2, -0.15) is 11.8 Å². The second-order valence-electron chi connectivity index (χ2n) is 4.43. The lowest BCUT2D eigenvalue weighted by Gasteiger charge is -2.27. The molecule has 1 aliphatic rings. The van der Waals surface area contributed by atoms with Gasteiger partial charge in [-0.05, 0) is 19.1 Å². The van der Waals surface area contributed by atoms with Gasteiger partial charge in [-0.15, -0.1) is 0 Å². The van der Waals surface area contributed by atoms with E-state index in [1.165, 1.54) is 12.8 Å². The third-order valence-electron chi connectivity index (χ3n) is 3.33. The van der Waals surface area contributed by atoms with Gasteiger partial charge in [0.15, 0.2) is 11.6 Å². The first kappa shape index (κ1) is 12.6. The lowest BCUT2D eigenvalue weighted by Crippen LogP contribution is -2.30. The van der Waals surface area contributed by atoms with Gasteiger partial charge in [-0.25, -0.2) is 13.8 Å². The molecule has 0 atom stereocenters. The van der Waals surface area contributed by atoms with Crippen LogP contribution in [0.3, 0.4) is 0 Å². The van der Waals surface area contributed by atoms with Crippen LogP contribution in [0.5, 0.6) is 0 Å². The van der Waals surface area contributed by atoms with Gasteiger partial charge in [0.1, 0.15) is 5.82 Å². The highest BCUT2D eigenvalue weighted by molar-refractivity contribution is 8.00. The predicted octanol–water partition coefficient (Wildman–Crippen LogP) is 3.45. The fourth-order valence-corrected chi connectivity index (χ4v) is 3.18. The van der Waals surface area contributed by atoms with Crippen LogP contribution in [0, 0.1) is 11.6 Å². The first-order chi connectivity index (χ1) is 8.15. The highest BCUT2D eigenvalue weighted by Crippen LogP contribution is 2.40. The van der Waals surface area contributed by atoms with Crippen LogP contribution in [0.25, 0.3) is 0 Å². The van der Waals surface area contributed by atoms with Crippen LogP contribution >= 0.6 is 11.8 Å². The summed E-state index contributed by atoms with van der Waals surface area (Å²) in [5, 5.41) is 3.00. The molecule has 94 valence electrons. The zero-order valence-electron chi connectivity index (χ0n) is 9.80. The molecule has 0 aromatic carbocycles. The Morgan fingerprint density at radius 2 is 2.12 bits per heavy atom. The first-order valence-electron chi connectivity index (χ1n) is 5.75. The van der Waals surface area contributed by atoms with Gasteiger partial charge in [-0.1, -0.05) is 12.8 Å². The number of hydrogen-bond donors (Lipinski definition) is 1. The van der Waals surface area contributed by atoms with Crippen molar-refractivity contribution in [1.29, 1.82) is 0 Å². The fourth-order valence-electron chi connectivity index (χ4n) is 2.26. The van der Waals surface area contributed by atoms with Gasteiger partial charge in [0.25, 0.3) is 0 Å². The van der Waals surface area contributed by atoms with Crippen molar-refractivity contribution in [3.05, 3.63) is 23.9 Å². The molecule has 2 nitrogen and oxygen atoms in total. The summed E-state index contributed by atoms with van der Waals surface area (Å²) in [6, 6.07) is 0.857. The van der Waals surface area contributed by atoms with Gasteiger partial charge in [0.05, 0.1) is 6.20 Å². The maximum Gasteiger partial charge on any atom is 0.168 e. The van der Waals surface area contributed by atoms with Crippen molar-refractivity contribution >= 4 is 17.6 Å². The van der Waals surface area contributed by atoms with E-state index in [1.807, 2.05) is 11.8 Å². The summed E-state index contributed by atoms with van der Waals surface area (Å²) in [6.07, 6.45) is 7.85. The average molecular weight is 258 g/mol. The molecule has 2 rings (SSSR count). The summed E-state index contributed by atoms with van der Waals surface area (Å²) in [5.41, 5.74) is 0. The third-order valence-corrected chi connectivity index (χ3v) is 4.75. The number of nitrogens with zero attached hydrogens (tertiary/aromatic N) is 1. The zero-order valence-corrected chi connectivity index (χ0v) is 10.6. The van der Waals surface area contributed by atoms with Gasteiger partial charge in [0.2, 0.25) is 0 Å². The Balaban J connectivity index is 2.01.